The lowest BCUT2D eigenvalue weighted by molar-refractivity contribution is 0.0941. The number of hydrogen-bond donors (Lipinski definition) is 2. The van der Waals surface area contributed by atoms with Gasteiger partial charge in [-0.1, -0.05) is 18.2 Å². The van der Waals surface area contributed by atoms with Gasteiger partial charge in [0.2, 0.25) is 0 Å². The van der Waals surface area contributed by atoms with Gasteiger partial charge in [-0.25, -0.2) is 17.2 Å². The number of rotatable bonds is 8. The summed E-state index contributed by atoms with van der Waals surface area (Å²) in [5.41, 5.74) is 1.20. The van der Waals surface area contributed by atoms with E-state index in [1.807, 2.05) is 19.0 Å². The van der Waals surface area contributed by atoms with Crippen molar-refractivity contribution in [1.29, 1.82) is 0 Å². The molecular weight excluding hydrogens is 436 g/mol. The Morgan fingerprint density at radius 3 is 2.12 bits per heavy atom. The average Bonchev–Trinajstić information content (AvgIpc) is 2.76. The summed E-state index contributed by atoms with van der Waals surface area (Å²) >= 11 is 0. The third kappa shape index (κ3) is 5.89. The molecule has 0 saturated carbocycles. The molecular formula is C23H23F2N3O3S. The van der Waals surface area contributed by atoms with Gasteiger partial charge in [-0.2, -0.15) is 0 Å². The summed E-state index contributed by atoms with van der Waals surface area (Å²) in [5, 5.41) is 2.80. The smallest absolute Gasteiger partial charge is 0.261 e. The highest BCUT2D eigenvalue weighted by molar-refractivity contribution is 7.92. The molecule has 0 saturated heterocycles. The number of sulfonamides is 1. The number of halogens is 2. The minimum atomic E-state index is -3.97. The second-order valence-electron chi connectivity index (χ2n) is 7.38. The summed E-state index contributed by atoms with van der Waals surface area (Å²) in [4.78, 5) is 14.5. The van der Waals surface area contributed by atoms with E-state index in [4.69, 9.17) is 0 Å². The summed E-state index contributed by atoms with van der Waals surface area (Å²) in [7, 11) is -0.287. The maximum Gasteiger partial charge on any atom is 0.261 e. The van der Waals surface area contributed by atoms with Crippen LogP contribution in [-0.4, -0.2) is 39.9 Å². The Labute approximate surface area is 185 Å². The van der Waals surface area contributed by atoms with Crippen LogP contribution in [0.1, 0.15) is 22.0 Å². The predicted molar refractivity (Wildman–Crippen MR) is 119 cm³/mol. The van der Waals surface area contributed by atoms with Gasteiger partial charge in [0.1, 0.15) is 11.6 Å². The predicted octanol–water partition coefficient (Wildman–Crippen LogP) is 3.80. The third-order valence-electron chi connectivity index (χ3n) is 4.84. The fourth-order valence-electron chi connectivity index (χ4n) is 3.11. The van der Waals surface area contributed by atoms with Gasteiger partial charge in [-0.3, -0.25) is 9.52 Å². The molecule has 168 valence electrons. The van der Waals surface area contributed by atoms with Crippen LogP contribution in [0.3, 0.4) is 0 Å². The third-order valence-corrected chi connectivity index (χ3v) is 6.22. The van der Waals surface area contributed by atoms with Gasteiger partial charge in [-0.15, -0.1) is 0 Å². The van der Waals surface area contributed by atoms with Crippen LogP contribution in [0.4, 0.5) is 14.5 Å². The minimum Gasteiger partial charge on any atom is -0.350 e. The molecule has 3 rings (SSSR count). The van der Waals surface area contributed by atoms with Crippen LogP contribution >= 0.6 is 0 Å². The van der Waals surface area contributed by atoms with Gasteiger partial charge in [0.05, 0.1) is 10.9 Å². The molecule has 0 aliphatic rings. The van der Waals surface area contributed by atoms with Crippen molar-refractivity contribution < 1.29 is 22.0 Å². The highest BCUT2D eigenvalue weighted by Crippen LogP contribution is 2.20. The Morgan fingerprint density at radius 1 is 0.938 bits per heavy atom. The zero-order valence-electron chi connectivity index (χ0n) is 17.5. The number of nitrogens with zero attached hydrogens (tertiary/aromatic N) is 1. The van der Waals surface area contributed by atoms with E-state index in [-0.39, 0.29) is 34.6 Å². The van der Waals surface area contributed by atoms with Gasteiger partial charge >= 0.3 is 0 Å². The molecule has 0 aliphatic carbocycles. The average molecular weight is 460 g/mol. The van der Waals surface area contributed by atoms with Gasteiger partial charge in [-0.05, 0) is 74.3 Å². The highest BCUT2D eigenvalue weighted by atomic mass is 32.2. The van der Waals surface area contributed by atoms with Crippen molar-refractivity contribution in [3.05, 3.63) is 95.6 Å². The van der Waals surface area contributed by atoms with Crippen molar-refractivity contribution in [2.75, 3.05) is 25.4 Å². The highest BCUT2D eigenvalue weighted by Gasteiger charge is 2.19. The molecule has 2 N–H and O–H groups in total. The van der Waals surface area contributed by atoms with E-state index in [2.05, 4.69) is 10.0 Å². The molecule has 0 heterocycles. The summed E-state index contributed by atoms with van der Waals surface area (Å²) < 4.78 is 53.9. The maximum atomic E-state index is 13.2. The van der Waals surface area contributed by atoms with Crippen LogP contribution in [0.5, 0.6) is 0 Å². The lowest BCUT2D eigenvalue weighted by Crippen LogP contribution is -2.34. The first-order valence-corrected chi connectivity index (χ1v) is 11.2. The number of hydrogen-bond acceptors (Lipinski definition) is 4. The van der Waals surface area contributed by atoms with Crippen molar-refractivity contribution in [3.8, 4) is 0 Å². The van der Waals surface area contributed by atoms with Crippen molar-refractivity contribution in [2.24, 2.45) is 0 Å². The lowest BCUT2D eigenvalue weighted by atomic mass is 10.1. The summed E-state index contributed by atoms with van der Waals surface area (Å²) in [5.74, 6) is -1.27. The zero-order chi connectivity index (χ0) is 23.3. The lowest BCUT2D eigenvalue weighted by Gasteiger charge is -2.25. The van der Waals surface area contributed by atoms with Gasteiger partial charge in [0.15, 0.2) is 0 Å². The van der Waals surface area contributed by atoms with Gasteiger partial charge < -0.3 is 10.2 Å². The van der Waals surface area contributed by atoms with E-state index < -0.39 is 21.7 Å². The van der Waals surface area contributed by atoms with Crippen molar-refractivity contribution in [1.82, 2.24) is 10.2 Å². The second-order valence-corrected chi connectivity index (χ2v) is 9.06. The van der Waals surface area contributed by atoms with E-state index in [1.54, 1.807) is 12.1 Å². The van der Waals surface area contributed by atoms with Crippen molar-refractivity contribution in [2.45, 2.75) is 10.9 Å². The molecule has 0 radical (unpaired) electrons. The van der Waals surface area contributed by atoms with Gasteiger partial charge in [0, 0.05) is 17.8 Å². The van der Waals surface area contributed by atoms with E-state index in [0.717, 1.165) is 17.7 Å². The first-order valence-electron chi connectivity index (χ1n) is 9.74. The topological polar surface area (TPSA) is 78.5 Å². The minimum absolute atomic E-state index is 0.0998. The summed E-state index contributed by atoms with van der Waals surface area (Å²) in [6, 6.07) is 16.3. The number of carbonyl (C=O) groups excluding carboxylic acids is 1. The van der Waals surface area contributed by atoms with Crippen molar-refractivity contribution >= 4 is 21.6 Å². The monoisotopic (exact) mass is 459 g/mol. The van der Waals surface area contributed by atoms with Crippen LogP contribution < -0.4 is 10.0 Å². The molecule has 0 aliphatic heterocycles. The quantitative estimate of drug-likeness (QED) is 0.537. The number of amides is 1. The van der Waals surface area contributed by atoms with Crippen LogP contribution in [0.2, 0.25) is 0 Å². The molecule has 6 nitrogen and oxygen atoms in total. The number of anilines is 1. The molecule has 1 atom stereocenters. The van der Waals surface area contributed by atoms with Crippen LogP contribution in [0.15, 0.2) is 77.7 Å². The van der Waals surface area contributed by atoms with Crippen LogP contribution in [0, 0.1) is 11.6 Å². The Balaban J connectivity index is 1.72. The summed E-state index contributed by atoms with van der Waals surface area (Å²) in [6.07, 6.45) is 0. The second kappa shape index (κ2) is 9.88. The van der Waals surface area contributed by atoms with E-state index in [9.17, 15) is 22.0 Å². The summed E-state index contributed by atoms with van der Waals surface area (Å²) in [6.45, 7) is 0.238. The first kappa shape index (κ1) is 23.4. The normalized spacial score (nSPS) is 12.4. The maximum absolute atomic E-state index is 13.2. The van der Waals surface area contributed by atoms with Crippen molar-refractivity contribution in [3.63, 3.8) is 0 Å². The number of carbonyl (C=O) groups is 1. The van der Waals surface area contributed by atoms with E-state index in [1.165, 1.54) is 48.5 Å². The molecule has 1 amide bonds. The molecule has 0 spiro atoms. The fraction of sp³-hybridized carbons (Fsp3) is 0.174. The molecule has 9 heteroatoms. The SMILES string of the molecule is CN(C)C(CNC(=O)c1cccc(S(=O)(=O)Nc2ccc(F)cc2)c1)c1ccc(F)cc1. The first-order chi connectivity index (χ1) is 15.2. The molecule has 1 unspecified atom stereocenters. The fourth-order valence-corrected chi connectivity index (χ4v) is 4.22. The Kier molecular flexibility index (Phi) is 7.22. The largest absolute Gasteiger partial charge is 0.350 e. The van der Waals surface area contributed by atoms with E-state index >= 15 is 0 Å². The standard InChI is InChI=1S/C23H23F2N3O3S/c1-28(2)22(16-6-8-18(24)9-7-16)15-26-23(29)17-4-3-5-21(14-17)32(30,31)27-20-12-10-19(25)11-13-20/h3-14,22,27H,15H2,1-2H3,(H,26,29). The Hall–Kier alpha value is -3.30. The Bertz CT molecular complexity index is 1180. The Morgan fingerprint density at radius 2 is 1.53 bits per heavy atom. The molecule has 32 heavy (non-hydrogen) atoms. The molecule has 3 aromatic rings. The number of benzene rings is 3. The van der Waals surface area contributed by atoms with Gasteiger partial charge in [0.25, 0.3) is 15.9 Å². The van der Waals surface area contributed by atoms with E-state index in [0.29, 0.717) is 0 Å². The zero-order valence-corrected chi connectivity index (χ0v) is 18.4. The molecule has 0 bridgehead atoms. The van der Waals surface area contributed by atoms with Crippen LogP contribution in [0.25, 0.3) is 0 Å². The number of nitrogens with one attached hydrogen (secondary N) is 2. The molecule has 0 aromatic heterocycles. The van der Waals surface area contributed by atoms with Crippen LogP contribution in [-0.2, 0) is 10.0 Å². The molecule has 0 fully saturated rings. The number of likely N-dealkylation sites (N-methyl/N-ethyl adjacent to an activating group) is 1. The molecule has 3 aromatic carbocycles.